The maximum absolute atomic E-state index is 13.1. The first-order valence-corrected chi connectivity index (χ1v) is 6.24. The zero-order chi connectivity index (χ0) is 14.5. The summed E-state index contributed by atoms with van der Waals surface area (Å²) >= 11 is 0. The normalized spacial score (nSPS) is 10.2. The van der Waals surface area contributed by atoms with Crippen LogP contribution in [0.2, 0.25) is 0 Å². The van der Waals surface area contributed by atoms with Crippen LogP contribution in [0.3, 0.4) is 0 Å². The van der Waals surface area contributed by atoms with Gasteiger partial charge in [-0.1, -0.05) is 12.1 Å². The maximum Gasteiger partial charge on any atom is 0.254 e. The lowest BCUT2D eigenvalue weighted by atomic mass is 10.2. The Morgan fingerprint density at radius 1 is 1.35 bits per heavy atom. The van der Waals surface area contributed by atoms with E-state index in [1.165, 1.54) is 12.1 Å². The Bertz CT molecular complexity index is 616. The topological polar surface area (TPSA) is 45.2 Å². The Morgan fingerprint density at radius 3 is 2.85 bits per heavy atom. The Labute approximate surface area is 117 Å². The van der Waals surface area contributed by atoms with Crippen LogP contribution in [0.15, 0.2) is 42.6 Å². The van der Waals surface area contributed by atoms with E-state index < -0.39 is 0 Å². The van der Waals surface area contributed by atoms with Gasteiger partial charge in [0.2, 0.25) is 0 Å². The van der Waals surface area contributed by atoms with E-state index in [0.717, 1.165) is 5.56 Å². The van der Waals surface area contributed by atoms with Crippen molar-refractivity contribution in [3.8, 4) is 0 Å². The van der Waals surface area contributed by atoms with Crippen LogP contribution in [-0.4, -0.2) is 29.9 Å². The number of pyridine rings is 1. The SMILES string of the molecule is CNc1cc(C(=O)N(C)Cc2cccc(F)c2)ccn1. The molecule has 0 atom stereocenters. The molecule has 104 valence electrons. The van der Waals surface area contributed by atoms with Crippen molar-refractivity contribution in [2.45, 2.75) is 6.54 Å². The van der Waals surface area contributed by atoms with Crippen LogP contribution in [0.5, 0.6) is 0 Å². The van der Waals surface area contributed by atoms with E-state index in [1.807, 2.05) is 0 Å². The number of nitrogens with one attached hydrogen (secondary N) is 1. The van der Waals surface area contributed by atoms with E-state index in [0.29, 0.717) is 17.9 Å². The number of benzene rings is 1. The van der Waals surface area contributed by atoms with Crippen LogP contribution in [0, 0.1) is 5.82 Å². The summed E-state index contributed by atoms with van der Waals surface area (Å²) in [6, 6.07) is 9.57. The molecule has 0 aliphatic carbocycles. The minimum Gasteiger partial charge on any atom is -0.373 e. The fourth-order valence-electron chi connectivity index (χ4n) is 1.90. The summed E-state index contributed by atoms with van der Waals surface area (Å²) in [5.41, 5.74) is 1.30. The van der Waals surface area contributed by atoms with E-state index in [-0.39, 0.29) is 11.7 Å². The summed E-state index contributed by atoms with van der Waals surface area (Å²) in [5.74, 6) is 0.202. The molecule has 0 fully saturated rings. The Kier molecular flexibility index (Phi) is 4.30. The van der Waals surface area contributed by atoms with Gasteiger partial charge in [0.05, 0.1) is 0 Å². The third-order valence-corrected chi connectivity index (χ3v) is 2.92. The molecular formula is C15H16FN3O. The summed E-state index contributed by atoms with van der Waals surface area (Å²) in [6.45, 7) is 0.355. The first-order valence-electron chi connectivity index (χ1n) is 6.24. The molecule has 2 aromatic rings. The van der Waals surface area contributed by atoms with Gasteiger partial charge < -0.3 is 10.2 Å². The predicted molar refractivity (Wildman–Crippen MR) is 76.0 cm³/mol. The van der Waals surface area contributed by atoms with E-state index in [2.05, 4.69) is 10.3 Å². The number of anilines is 1. The van der Waals surface area contributed by atoms with E-state index in [1.54, 1.807) is 49.5 Å². The quantitative estimate of drug-likeness (QED) is 0.931. The largest absolute Gasteiger partial charge is 0.373 e. The molecule has 0 aliphatic heterocycles. The fourth-order valence-corrected chi connectivity index (χ4v) is 1.90. The Hall–Kier alpha value is -2.43. The number of hydrogen-bond acceptors (Lipinski definition) is 3. The van der Waals surface area contributed by atoms with E-state index >= 15 is 0 Å². The van der Waals surface area contributed by atoms with Crippen molar-refractivity contribution in [2.24, 2.45) is 0 Å². The number of hydrogen-bond donors (Lipinski definition) is 1. The summed E-state index contributed by atoms with van der Waals surface area (Å²) < 4.78 is 13.1. The Morgan fingerprint density at radius 2 is 2.15 bits per heavy atom. The molecule has 4 nitrogen and oxygen atoms in total. The standard InChI is InChI=1S/C15H16FN3O/c1-17-14-9-12(6-7-18-14)15(20)19(2)10-11-4-3-5-13(16)8-11/h3-9H,10H2,1-2H3,(H,17,18). The zero-order valence-electron chi connectivity index (χ0n) is 11.4. The molecule has 0 radical (unpaired) electrons. The van der Waals surface area contributed by atoms with Gasteiger partial charge in [-0.3, -0.25) is 4.79 Å². The van der Waals surface area contributed by atoms with Crippen molar-refractivity contribution in [3.05, 3.63) is 59.5 Å². The first-order chi connectivity index (χ1) is 9.60. The lowest BCUT2D eigenvalue weighted by Crippen LogP contribution is -2.26. The third-order valence-electron chi connectivity index (χ3n) is 2.92. The van der Waals surface area contributed by atoms with Gasteiger partial charge in [0.1, 0.15) is 11.6 Å². The van der Waals surface area contributed by atoms with Crippen molar-refractivity contribution in [2.75, 3.05) is 19.4 Å². The van der Waals surface area contributed by atoms with Crippen LogP contribution in [-0.2, 0) is 6.54 Å². The number of nitrogens with zero attached hydrogens (tertiary/aromatic N) is 2. The van der Waals surface area contributed by atoms with E-state index in [9.17, 15) is 9.18 Å². The van der Waals surface area contributed by atoms with E-state index in [4.69, 9.17) is 0 Å². The lowest BCUT2D eigenvalue weighted by molar-refractivity contribution is 0.0785. The van der Waals surface area contributed by atoms with Crippen LogP contribution in [0.1, 0.15) is 15.9 Å². The summed E-state index contributed by atoms with van der Waals surface area (Å²) in [7, 11) is 3.43. The molecule has 2 rings (SSSR count). The van der Waals surface area contributed by atoms with Crippen molar-refractivity contribution < 1.29 is 9.18 Å². The third kappa shape index (κ3) is 3.32. The van der Waals surface area contributed by atoms with Crippen LogP contribution >= 0.6 is 0 Å². The zero-order valence-corrected chi connectivity index (χ0v) is 11.4. The van der Waals surface area contributed by atoms with Crippen molar-refractivity contribution in [1.82, 2.24) is 9.88 Å². The molecule has 0 unspecified atom stereocenters. The monoisotopic (exact) mass is 273 g/mol. The van der Waals surface area contributed by atoms with Crippen LogP contribution in [0.25, 0.3) is 0 Å². The minimum atomic E-state index is -0.301. The molecule has 1 amide bonds. The average molecular weight is 273 g/mol. The van der Waals surface area contributed by atoms with Crippen LogP contribution < -0.4 is 5.32 Å². The number of aromatic nitrogens is 1. The second-order valence-electron chi connectivity index (χ2n) is 4.47. The molecule has 0 spiro atoms. The van der Waals surface area contributed by atoms with Crippen LogP contribution in [0.4, 0.5) is 10.2 Å². The summed E-state index contributed by atoms with van der Waals surface area (Å²) in [4.78, 5) is 17.9. The van der Waals surface area contributed by atoms with Crippen molar-refractivity contribution in [1.29, 1.82) is 0 Å². The highest BCUT2D eigenvalue weighted by atomic mass is 19.1. The number of carbonyl (C=O) groups is 1. The van der Waals surface area contributed by atoms with Gasteiger partial charge in [0, 0.05) is 32.4 Å². The van der Waals surface area contributed by atoms with Gasteiger partial charge in [0.25, 0.3) is 5.91 Å². The molecule has 1 N–H and O–H groups in total. The average Bonchev–Trinajstić information content (AvgIpc) is 2.46. The lowest BCUT2D eigenvalue weighted by Gasteiger charge is -2.17. The van der Waals surface area contributed by atoms with Gasteiger partial charge in [-0.15, -0.1) is 0 Å². The number of halogens is 1. The first kappa shape index (κ1) is 14.0. The fraction of sp³-hybridized carbons (Fsp3) is 0.200. The highest BCUT2D eigenvalue weighted by molar-refractivity contribution is 5.94. The second-order valence-corrected chi connectivity index (χ2v) is 4.47. The highest BCUT2D eigenvalue weighted by Gasteiger charge is 2.13. The summed E-state index contributed by atoms with van der Waals surface area (Å²) in [6.07, 6.45) is 1.58. The predicted octanol–water partition coefficient (Wildman–Crippen LogP) is 2.53. The molecular weight excluding hydrogens is 257 g/mol. The van der Waals surface area contributed by atoms with Gasteiger partial charge in [0.15, 0.2) is 0 Å². The van der Waals surface area contributed by atoms with Crippen molar-refractivity contribution in [3.63, 3.8) is 0 Å². The number of rotatable bonds is 4. The van der Waals surface area contributed by atoms with Gasteiger partial charge in [-0.25, -0.2) is 9.37 Å². The molecule has 20 heavy (non-hydrogen) atoms. The molecule has 0 saturated heterocycles. The molecule has 1 aromatic heterocycles. The number of carbonyl (C=O) groups excluding carboxylic acids is 1. The molecule has 0 bridgehead atoms. The Balaban J connectivity index is 2.12. The molecule has 1 aromatic carbocycles. The molecule has 1 heterocycles. The second kappa shape index (κ2) is 6.14. The molecule has 0 saturated carbocycles. The molecule has 5 heteroatoms. The van der Waals surface area contributed by atoms with Gasteiger partial charge in [-0.2, -0.15) is 0 Å². The smallest absolute Gasteiger partial charge is 0.254 e. The number of amides is 1. The minimum absolute atomic E-state index is 0.131. The van der Waals surface area contributed by atoms with Gasteiger partial charge >= 0.3 is 0 Å². The molecule has 0 aliphatic rings. The highest BCUT2D eigenvalue weighted by Crippen LogP contribution is 2.11. The maximum atomic E-state index is 13.1. The summed E-state index contributed by atoms with van der Waals surface area (Å²) in [5, 5.41) is 2.89. The van der Waals surface area contributed by atoms with Gasteiger partial charge in [-0.05, 0) is 29.8 Å². The van der Waals surface area contributed by atoms with Crippen molar-refractivity contribution >= 4 is 11.7 Å².